The number of methoxy groups -OCH3 is 1. The van der Waals surface area contributed by atoms with Gasteiger partial charge in [-0.25, -0.2) is 0 Å². The Bertz CT molecular complexity index is 955. The molecular formula is C24H27NO4. The van der Waals surface area contributed by atoms with E-state index in [1.165, 1.54) is 23.6 Å². The number of ketones is 1. The smallest absolute Gasteiger partial charge is 0.305 e. The highest BCUT2D eigenvalue weighted by molar-refractivity contribution is 6.11. The van der Waals surface area contributed by atoms with E-state index in [4.69, 9.17) is 0 Å². The van der Waals surface area contributed by atoms with E-state index in [2.05, 4.69) is 22.9 Å². The SMILES string of the molecule is COC(=O)CCCC(=O)N1CCC[C@H](C(=O)c2ccc3c4c(cccc24)CC3)C1. The Balaban J connectivity index is 1.47. The number of carbonyl (C=O) groups excluding carboxylic acids is 3. The van der Waals surface area contributed by atoms with Gasteiger partial charge in [-0.3, -0.25) is 14.4 Å². The predicted octanol–water partition coefficient (Wildman–Crippen LogP) is 3.70. The van der Waals surface area contributed by atoms with Gasteiger partial charge in [0.15, 0.2) is 5.78 Å². The number of piperidine rings is 1. The van der Waals surface area contributed by atoms with E-state index < -0.39 is 0 Å². The molecule has 1 amide bonds. The minimum absolute atomic E-state index is 0.0202. The molecule has 152 valence electrons. The number of aryl methyl sites for hydroxylation is 2. The Kier molecular flexibility index (Phi) is 5.65. The van der Waals surface area contributed by atoms with Crippen LogP contribution in [0.3, 0.4) is 0 Å². The van der Waals surface area contributed by atoms with Gasteiger partial charge in [0, 0.05) is 37.4 Å². The summed E-state index contributed by atoms with van der Waals surface area (Å²) in [6, 6.07) is 10.3. The number of likely N-dealkylation sites (tertiary alicyclic amines) is 1. The van der Waals surface area contributed by atoms with Crippen LogP contribution in [0.25, 0.3) is 10.8 Å². The molecule has 0 saturated carbocycles. The first-order chi connectivity index (χ1) is 14.1. The zero-order chi connectivity index (χ0) is 20.4. The van der Waals surface area contributed by atoms with Gasteiger partial charge in [0.25, 0.3) is 0 Å². The summed E-state index contributed by atoms with van der Waals surface area (Å²) < 4.78 is 4.62. The van der Waals surface area contributed by atoms with Gasteiger partial charge in [0.05, 0.1) is 7.11 Å². The molecule has 0 aromatic heterocycles. The van der Waals surface area contributed by atoms with Gasteiger partial charge in [-0.15, -0.1) is 0 Å². The van der Waals surface area contributed by atoms with Crippen molar-refractivity contribution in [1.29, 1.82) is 0 Å². The Hall–Kier alpha value is -2.69. The summed E-state index contributed by atoms with van der Waals surface area (Å²) in [5, 5.41) is 2.31. The molecule has 1 heterocycles. The Morgan fingerprint density at radius 1 is 1.07 bits per heavy atom. The number of ether oxygens (including phenoxy) is 1. The van der Waals surface area contributed by atoms with Crippen molar-refractivity contribution in [2.75, 3.05) is 20.2 Å². The summed E-state index contributed by atoms with van der Waals surface area (Å²) in [6.07, 6.45) is 4.78. The number of benzene rings is 2. The third-order valence-corrected chi connectivity index (χ3v) is 6.29. The van der Waals surface area contributed by atoms with Crippen LogP contribution in [-0.4, -0.2) is 42.8 Å². The monoisotopic (exact) mass is 393 g/mol. The first-order valence-corrected chi connectivity index (χ1v) is 10.5. The lowest BCUT2D eigenvalue weighted by molar-refractivity contribution is -0.141. The van der Waals surface area contributed by atoms with Gasteiger partial charge in [-0.1, -0.05) is 30.3 Å². The molecule has 5 heteroatoms. The van der Waals surface area contributed by atoms with Gasteiger partial charge in [0.2, 0.25) is 5.91 Å². The van der Waals surface area contributed by atoms with Crippen LogP contribution in [0, 0.1) is 5.92 Å². The summed E-state index contributed by atoms with van der Waals surface area (Å²) >= 11 is 0. The van der Waals surface area contributed by atoms with E-state index in [0.29, 0.717) is 25.9 Å². The average molecular weight is 393 g/mol. The van der Waals surface area contributed by atoms with Crippen molar-refractivity contribution in [2.45, 2.75) is 44.9 Å². The van der Waals surface area contributed by atoms with Crippen molar-refractivity contribution < 1.29 is 19.1 Å². The highest BCUT2D eigenvalue weighted by Gasteiger charge is 2.30. The van der Waals surface area contributed by atoms with Gasteiger partial charge in [-0.2, -0.15) is 0 Å². The Labute approximate surface area is 171 Å². The molecule has 0 bridgehead atoms. The zero-order valence-electron chi connectivity index (χ0n) is 16.9. The third kappa shape index (κ3) is 3.91. The molecule has 0 unspecified atom stereocenters. The topological polar surface area (TPSA) is 63.7 Å². The highest BCUT2D eigenvalue weighted by Crippen LogP contribution is 2.34. The quantitative estimate of drug-likeness (QED) is 0.554. The number of rotatable bonds is 6. The van der Waals surface area contributed by atoms with Crippen molar-refractivity contribution in [2.24, 2.45) is 5.92 Å². The molecule has 2 aromatic rings. The van der Waals surface area contributed by atoms with Crippen molar-refractivity contribution in [3.63, 3.8) is 0 Å². The van der Waals surface area contributed by atoms with E-state index in [1.54, 1.807) is 4.90 Å². The fourth-order valence-corrected chi connectivity index (χ4v) is 4.74. The molecule has 1 saturated heterocycles. The summed E-state index contributed by atoms with van der Waals surface area (Å²) in [6.45, 7) is 1.16. The summed E-state index contributed by atoms with van der Waals surface area (Å²) in [5.74, 6) is -0.289. The minimum Gasteiger partial charge on any atom is -0.469 e. The molecule has 29 heavy (non-hydrogen) atoms. The van der Waals surface area contributed by atoms with Crippen molar-refractivity contribution >= 4 is 28.4 Å². The lowest BCUT2D eigenvalue weighted by atomic mass is 9.87. The molecule has 1 aliphatic carbocycles. The molecule has 5 nitrogen and oxygen atoms in total. The second kappa shape index (κ2) is 8.36. The second-order valence-electron chi connectivity index (χ2n) is 8.08. The fourth-order valence-electron chi connectivity index (χ4n) is 4.74. The van der Waals surface area contributed by atoms with Crippen LogP contribution in [0.2, 0.25) is 0 Å². The Morgan fingerprint density at radius 3 is 2.66 bits per heavy atom. The standard InChI is InChI=1S/C24H27NO4/c1-29-22(27)9-3-8-21(26)25-14-4-6-18(15-25)24(28)20-13-12-17-11-10-16-5-2-7-19(20)23(16)17/h2,5,7,12-13,18H,3-4,6,8-11,14-15H2,1H3/t18-/m0/s1. The van der Waals surface area contributed by atoms with Crippen LogP contribution in [0.4, 0.5) is 0 Å². The molecule has 2 aliphatic rings. The maximum Gasteiger partial charge on any atom is 0.305 e. The number of esters is 1. The molecule has 0 radical (unpaired) electrons. The van der Waals surface area contributed by atoms with Gasteiger partial charge >= 0.3 is 5.97 Å². The molecule has 0 N–H and O–H groups in total. The third-order valence-electron chi connectivity index (χ3n) is 6.29. The first kappa shape index (κ1) is 19.6. The lowest BCUT2D eigenvalue weighted by Gasteiger charge is -2.32. The van der Waals surface area contributed by atoms with Gasteiger partial charge < -0.3 is 9.64 Å². The molecule has 1 atom stereocenters. The zero-order valence-corrected chi connectivity index (χ0v) is 16.9. The van der Waals surface area contributed by atoms with Gasteiger partial charge in [0.1, 0.15) is 0 Å². The summed E-state index contributed by atoms with van der Waals surface area (Å²) in [4.78, 5) is 38.9. The normalized spacial score (nSPS) is 18.1. The maximum atomic E-state index is 13.4. The minimum atomic E-state index is -0.295. The van der Waals surface area contributed by atoms with E-state index in [1.807, 2.05) is 12.1 Å². The van der Waals surface area contributed by atoms with E-state index in [-0.39, 0.29) is 30.0 Å². The first-order valence-electron chi connectivity index (χ1n) is 10.5. The molecule has 2 aromatic carbocycles. The number of hydrogen-bond donors (Lipinski definition) is 0. The van der Waals surface area contributed by atoms with Crippen LogP contribution in [0.1, 0.15) is 53.6 Å². The number of carbonyl (C=O) groups is 3. The van der Waals surface area contributed by atoms with Crippen molar-refractivity contribution in [1.82, 2.24) is 4.90 Å². The number of hydrogen-bond acceptors (Lipinski definition) is 4. The van der Waals surface area contributed by atoms with Crippen molar-refractivity contribution in [3.05, 3.63) is 47.0 Å². The molecule has 1 aliphatic heterocycles. The van der Waals surface area contributed by atoms with E-state index in [9.17, 15) is 14.4 Å². The lowest BCUT2D eigenvalue weighted by Crippen LogP contribution is -2.42. The summed E-state index contributed by atoms with van der Waals surface area (Å²) in [7, 11) is 1.35. The van der Waals surface area contributed by atoms with Gasteiger partial charge in [-0.05, 0) is 54.0 Å². The predicted molar refractivity (Wildman–Crippen MR) is 111 cm³/mol. The van der Waals surface area contributed by atoms with E-state index in [0.717, 1.165) is 36.6 Å². The second-order valence-corrected chi connectivity index (χ2v) is 8.08. The largest absolute Gasteiger partial charge is 0.469 e. The van der Waals surface area contributed by atoms with Crippen molar-refractivity contribution in [3.8, 4) is 0 Å². The van der Waals surface area contributed by atoms with Crippen LogP contribution in [0.15, 0.2) is 30.3 Å². The highest BCUT2D eigenvalue weighted by atomic mass is 16.5. The number of amides is 1. The maximum absolute atomic E-state index is 13.4. The molecule has 4 rings (SSSR count). The number of nitrogens with zero attached hydrogens (tertiary/aromatic N) is 1. The van der Waals surface area contributed by atoms with Crippen LogP contribution in [0.5, 0.6) is 0 Å². The Morgan fingerprint density at radius 2 is 1.86 bits per heavy atom. The molecular weight excluding hydrogens is 366 g/mol. The fraction of sp³-hybridized carbons (Fsp3) is 0.458. The number of Topliss-reactive ketones (excluding diaryl/α,β-unsaturated/α-hetero) is 1. The van der Waals surface area contributed by atoms with Crippen LogP contribution < -0.4 is 0 Å². The van der Waals surface area contributed by atoms with Crippen LogP contribution >= 0.6 is 0 Å². The van der Waals surface area contributed by atoms with E-state index >= 15 is 0 Å². The molecule has 0 spiro atoms. The molecule has 1 fully saturated rings. The average Bonchev–Trinajstić information content (AvgIpc) is 3.18. The van der Waals surface area contributed by atoms with Crippen LogP contribution in [-0.2, 0) is 27.2 Å². The summed E-state index contributed by atoms with van der Waals surface area (Å²) in [5.41, 5.74) is 3.45.